The van der Waals surface area contributed by atoms with E-state index in [9.17, 15) is 18.8 Å². The molecule has 12 heteroatoms. The van der Waals surface area contributed by atoms with Crippen LogP contribution in [-0.4, -0.2) is 62.6 Å². The average molecular weight is 470 g/mol. The monoisotopic (exact) mass is 469 g/mol. The van der Waals surface area contributed by atoms with E-state index in [-0.39, 0.29) is 29.9 Å². The molecule has 0 aromatic carbocycles. The van der Waals surface area contributed by atoms with Gasteiger partial charge in [-0.25, -0.2) is 14.2 Å². The number of allylic oxidation sites excluding steroid dienone is 1. The minimum absolute atomic E-state index is 0.0685. The molecule has 33 heavy (non-hydrogen) atoms. The van der Waals surface area contributed by atoms with Crippen LogP contribution in [0.15, 0.2) is 28.9 Å². The molecule has 4 amide bonds. The van der Waals surface area contributed by atoms with Crippen LogP contribution >= 0.6 is 11.8 Å². The van der Waals surface area contributed by atoms with Crippen LogP contribution in [0.1, 0.15) is 35.8 Å². The summed E-state index contributed by atoms with van der Waals surface area (Å²) in [4.78, 5) is 42.9. The summed E-state index contributed by atoms with van der Waals surface area (Å²) in [5.74, 6) is 0.143. The summed E-state index contributed by atoms with van der Waals surface area (Å²) in [7, 11) is 0. The van der Waals surface area contributed by atoms with Gasteiger partial charge in [0.1, 0.15) is 17.7 Å². The van der Waals surface area contributed by atoms with Crippen molar-refractivity contribution < 1.29 is 18.8 Å². The van der Waals surface area contributed by atoms with Crippen molar-refractivity contribution in [3.8, 4) is 0 Å². The highest BCUT2D eigenvalue weighted by Gasteiger charge is 2.35. The number of carbonyl (C=O) groups is 3. The van der Waals surface area contributed by atoms with Gasteiger partial charge in [0.05, 0.1) is 35.1 Å². The number of fused-ring (bicyclic) bond motifs is 1. The van der Waals surface area contributed by atoms with Gasteiger partial charge in [0.2, 0.25) is 0 Å². The van der Waals surface area contributed by atoms with Crippen LogP contribution in [0.4, 0.5) is 15.0 Å². The van der Waals surface area contributed by atoms with Gasteiger partial charge < -0.3 is 15.5 Å². The van der Waals surface area contributed by atoms with E-state index < -0.39 is 18.1 Å². The van der Waals surface area contributed by atoms with Crippen LogP contribution in [-0.2, 0) is 9.59 Å². The molecule has 5 heterocycles. The lowest BCUT2D eigenvalue weighted by Crippen LogP contribution is -2.51. The molecule has 4 aliphatic rings. The molecular weight excluding hydrogens is 449 g/mol. The van der Waals surface area contributed by atoms with Gasteiger partial charge in [-0.15, -0.1) is 11.8 Å². The molecule has 3 aliphatic heterocycles. The Morgan fingerprint density at radius 3 is 2.79 bits per heavy atom. The molecule has 1 saturated carbocycles. The minimum atomic E-state index is -0.932. The standard InChI is InChI=1S/C21H20FN7O3S/c22-11-8-28(9-11)20(31)16-4-3-15(33-16)13-6-17(24-12-1-2-12)29-18(25-13)10(7-23-29)5-14-19(30)27-21(32)26-14/h4-7,11-12,15,24H,1-3,8-9H2,(H2,26,27,30,32)/b14-5-. The molecule has 1 atom stereocenters. The van der Waals surface area contributed by atoms with E-state index in [1.165, 1.54) is 16.7 Å². The van der Waals surface area contributed by atoms with Crippen LogP contribution in [0.2, 0.25) is 0 Å². The van der Waals surface area contributed by atoms with Crippen molar-refractivity contribution in [3.63, 3.8) is 0 Å². The summed E-state index contributed by atoms with van der Waals surface area (Å²) in [6.07, 6.45) is 6.89. The van der Waals surface area contributed by atoms with Crippen molar-refractivity contribution in [1.29, 1.82) is 0 Å². The molecule has 170 valence electrons. The molecule has 0 bridgehead atoms. The number of thioether (sulfide) groups is 1. The van der Waals surface area contributed by atoms with Gasteiger partial charge in [-0.05, 0) is 25.3 Å². The first-order chi connectivity index (χ1) is 15.9. The molecule has 0 radical (unpaired) electrons. The number of likely N-dealkylation sites (tertiary alicyclic amines) is 1. The molecule has 2 aromatic rings. The molecule has 6 rings (SSSR count). The van der Waals surface area contributed by atoms with Crippen LogP contribution in [0, 0.1) is 0 Å². The largest absolute Gasteiger partial charge is 0.367 e. The number of nitrogens with zero attached hydrogens (tertiary/aromatic N) is 4. The van der Waals surface area contributed by atoms with Gasteiger partial charge in [0.15, 0.2) is 5.65 Å². The Hall–Kier alpha value is -3.41. The first kappa shape index (κ1) is 20.2. The van der Waals surface area contributed by atoms with Crippen molar-refractivity contribution in [2.24, 2.45) is 0 Å². The lowest BCUT2D eigenvalue weighted by molar-refractivity contribution is -0.133. The summed E-state index contributed by atoms with van der Waals surface area (Å²) in [6.45, 7) is 0.304. The summed E-state index contributed by atoms with van der Waals surface area (Å²) in [5.41, 5.74) is 2.04. The van der Waals surface area contributed by atoms with E-state index in [4.69, 9.17) is 4.98 Å². The maximum absolute atomic E-state index is 13.2. The smallest absolute Gasteiger partial charge is 0.326 e. The Kier molecular flexibility index (Phi) is 4.64. The Morgan fingerprint density at radius 1 is 1.27 bits per heavy atom. The summed E-state index contributed by atoms with van der Waals surface area (Å²) < 4.78 is 14.8. The van der Waals surface area contributed by atoms with Crippen LogP contribution in [0.25, 0.3) is 11.7 Å². The highest BCUT2D eigenvalue weighted by molar-refractivity contribution is 8.04. The minimum Gasteiger partial charge on any atom is -0.367 e. The number of anilines is 1. The summed E-state index contributed by atoms with van der Waals surface area (Å²) in [5, 5.41) is 12.5. The predicted octanol–water partition coefficient (Wildman–Crippen LogP) is 1.73. The summed E-state index contributed by atoms with van der Waals surface area (Å²) in [6, 6.07) is 1.75. The first-order valence-corrected chi connectivity index (χ1v) is 11.6. The van der Waals surface area contributed by atoms with E-state index in [0.29, 0.717) is 28.6 Å². The van der Waals surface area contributed by atoms with Gasteiger partial charge in [0, 0.05) is 17.7 Å². The SMILES string of the molecule is O=C1NC(=O)/C(=C/c2cnn3c(NC4CC4)cc(C4CC=C(C(=O)N5CC(F)C5)S4)nc23)N1. The quantitative estimate of drug-likeness (QED) is 0.450. The third kappa shape index (κ3) is 3.73. The maximum Gasteiger partial charge on any atom is 0.326 e. The number of urea groups is 1. The molecule has 1 aliphatic carbocycles. The zero-order chi connectivity index (χ0) is 22.7. The van der Waals surface area contributed by atoms with E-state index >= 15 is 0 Å². The Bertz CT molecular complexity index is 1260. The number of imide groups is 1. The Morgan fingerprint density at radius 2 is 2.09 bits per heavy atom. The lowest BCUT2D eigenvalue weighted by Gasteiger charge is -2.34. The van der Waals surface area contributed by atoms with E-state index in [1.807, 2.05) is 12.1 Å². The van der Waals surface area contributed by atoms with Gasteiger partial charge in [-0.1, -0.05) is 6.08 Å². The molecule has 3 fully saturated rings. The second-order valence-corrected chi connectivity index (χ2v) is 9.75. The number of alkyl halides is 1. The number of aromatic nitrogens is 3. The van der Waals surface area contributed by atoms with Gasteiger partial charge >= 0.3 is 6.03 Å². The number of hydrogen-bond donors (Lipinski definition) is 3. The van der Waals surface area contributed by atoms with Crippen molar-refractivity contribution in [3.05, 3.63) is 40.2 Å². The summed E-state index contributed by atoms with van der Waals surface area (Å²) >= 11 is 1.44. The molecule has 2 saturated heterocycles. The van der Waals surface area contributed by atoms with E-state index in [0.717, 1.165) is 24.4 Å². The second kappa shape index (κ2) is 7.58. The van der Waals surface area contributed by atoms with Crippen LogP contribution in [0.5, 0.6) is 0 Å². The number of nitrogens with one attached hydrogen (secondary N) is 3. The van der Waals surface area contributed by atoms with E-state index in [2.05, 4.69) is 21.0 Å². The lowest BCUT2D eigenvalue weighted by atomic mass is 10.1. The Labute approximate surface area is 191 Å². The first-order valence-electron chi connectivity index (χ1n) is 10.7. The van der Waals surface area contributed by atoms with Crippen molar-refractivity contribution in [1.82, 2.24) is 30.1 Å². The molecular formula is C21H20FN7O3S. The second-order valence-electron chi connectivity index (χ2n) is 8.50. The highest BCUT2D eigenvalue weighted by atomic mass is 32.2. The topological polar surface area (TPSA) is 121 Å². The number of halogens is 1. The van der Waals surface area contributed by atoms with Crippen molar-refractivity contribution in [2.45, 2.75) is 36.7 Å². The van der Waals surface area contributed by atoms with Crippen LogP contribution in [0.3, 0.4) is 0 Å². The number of amides is 4. The molecule has 2 aromatic heterocycles. The molecule has 10 nitrogen and oxygen atoms in total. The van der Waals surface area contributed by atoms with Crippen LogP contribution < -0.4 is 16.0 Å². The number of rotatable bonds is 5. The van der Waals surface area contributed by atoms with Crippen molar-refractivity contribution in [2.75, 3.05) is 18.4 Å². The fourth-order valence-electron chi connectivity index (χ4n) is 3.97. The number of hydrogen-bond acceptors (Lipinski definition) is 7. The highest BCUT2D eigenvalue weighted by Crippen LogP contribution is 2.45. The van der Waals surface area contributed by atoms with E-state index in [1.54, 1.807) is 16.8 Å². The van der Waals surface area contributed by atoms with Gasteiger partial charge in [-0.3, -0.25) is 14.9 Å². The Balaban J connectivity index is 1.31. The molecule has 3 N–H and O–H groups in total. The fourth-order valence-corrected chi connectivity index (χ4v) is 5.13. The van der Waals surface area contributed by atoms with Crippen molar-refractivity contribution >= 4 is 47.1 Å². The van der Waals surface area contributed by atoms with Gasteiger partial charge in [0.25, 0.3) is 11.8 Å². The zero-order valence-electron chi connectivity index (χ0n) is 17.4. The molecule has 1 unspecified atom stereocenters. The maximum atomic E-state index is 13.2. The zero-order valence-corrected chi connectivity index (χ0v) is 18.2. The normalized spacial score (nSPS) is 24.2. The van der Waals surface area contributed by atoms with Gasteiger partial charge in [-0.2, -0.15) is 9.61 Å². The third-order valence-electron chi connectivity index (χ3n) is 5.92. The number of carbonyl (C=O) groups excluding carboxylic acids is 3. The predicted molar refractivity (Wildman–Crippen MR) is 119 cm³/mol. The average Bonchev–Trinajstić information content (AvgIpc) is 3.16. The fraction of sp³-hybridized carbons (Fsp3) is 0.381. The molecule has 0 spiro atoms. The third-order valence-corrected chi connectivity index (χ3v) is 7.23.